The van der Waals surface area contributed by atoms with E-state index in [-0.39, 0.29) is 38.5 Å². The Morgan fingerprint density at radius 2 is 0.825 bits per heavy atom. The van der Waals surface area contributed by atoms with Crippen LogP contribution in [0.25, 0.3) is 12.2 Å². The highest BCUT2D eigenvalue weighted by atomic mass is 16.4. The van der Waals surface area contributed by atoms with Crippen molar-refractivity contribution < 1.29 is 44.4 Å². The minimum absolute atomic E-state index is 0.200. The van der Waals surface area contributed by atoms with E-state index in [1.807, 2.05) is 60.7 Å². The lowest BCUT2D eigenvalue weighted by Gasteiger charge is -2.65. The third-order valence-corrected chi connectivity index (χ3v) is 8.89. The van der Waals surface area contributed by atoms with Gasteiger partial charge in [0, 0.05) is 0 Å². The number of amides is 2. The number of carbonyl (C=O) groups is 5. The van der Waals surface area contributed by atoms with Crippen LogP contribution in [0.1, 0.15) is 49.7 Å². The molecular weight excluding hydrogens is 520 g/mol. The van der Waals surface area contributed by atoms with Gasteiger partial charge >= 0.3 is 29.9 Å². The zero-order valence-electron chi connectivity index (χ0n) is 21.4. The molecule has 2 aromatic carbocycles. The molecule has 0 radical (unpaired) electrons. The zero-order valence-corrected chi connectivity index (χ0v) is 21.4. The van der Waals surface area contributed by atoms with E-state index >= 15 is 0 Å². The molecule has 0 aromatic heterocycles. The van der Waals surface area contributed by atoms with Crippen molar-refractivity contribution in [2.24, 2.45) is 27.4 Å². The molecule has 4 aliphatic carbocycles. The highest BCUT2D eigenvalue weighted by Gasteiger charge is 2.76. The summed E-state index contributed by atoms with van der Waals surface area (Å²) in [6.07, 6.45) is 2.80. The van der Waals surface area contributed by atoms with Gasteiger partial charge < -0.3 is 26.2 Å². The highest BCUT2D eigenvalue weighted by Crippen LogP contribution is 2.74. The molecule has 11 heteroatoms. The summed E-state index contributed by atoms with van der Waals surface area (Å²) in [7, 11) is 0. The van der Waals surface area contributed by atoms with E-state index in [2.05, 4.69) is 0 Å². The maximum atomic E-state index is 11.8. The third-order valence-electron chi connectivity index (χ3n) is 8.89. The van der Waals surface area contributed by atoms with Crippen molar-refractivity contribution in [3.8, 4) is 0 Å². The monoisotopic (exact) mass is 548 g/mol. The Morgan fingerprint density at radius 3 is 1.07 bits per heavy atom. The molecular formula is C29H28N2O9. The average Bonchev–Trinajstić information content (AvgIpc) is 3.05. The average molecular weight is 549 g/mol. The van der Waals surface area contributed by atoms with Crippen molar-refractivity contribution in [1.29, 1.82) is 0 Å². The second-order valence-corrected chi connectivity index (χ2v) is 11.5. The van der Waals surface area contributed by atoms with Gasteiger partial charge in [0.2, 0.25) is 0 Å². The van der Waals surface area contributed by atoms with E-state index in [9.17, 15) is 44.4 Å². The first kappa shape index (κ1) is 26.9. The number of nitrogens with two attached hydrogens (primary N) is 1. The largest absolute Gasteiger partial charge is 0.481 e. The van der Waals surface area contributed by atoms with E-state index in [0.717, 1.165) is 22.5 Å². The van der Waals surface area contributed by atoms with Crippen LogP contribution in [0.2, 0.25) is 0 Å². The Morgan fingerprint density at radius 1 is 0.550 bits per heavy atom. The molecule has 0 unspecified atom stereocenters. The van der Waals surface area contributed by atoms with E-state index in [4.69, 9.17) is 5.73 Å². The molecule has 0 saturated heterocycles. The minimum atomic E-state index is -1.59. The summed E-state index contributed by atoms with van der Waals surface area (Å²) in [4.78, 5) is 60.4. The number of primary amides is 1. The van der Waals surface area contributed by atoms with Crippen LogP contribution in [0.4, 0.5) is 16.2 Å². The number of carboxylic acids is 4. The Balaban J connectivity index is 0.000000164. The minimum Gasteiger partial charge on any atom is -0.481 e. The predicted molar refractivity (Wildman–Crippen MR) is 142 cm³/mol. The van der Waals surface area contributed by atoms with E-state index in [1.165, 1.54) is 0 Å². The number of carboxylic acid groups (broad SMARTS) is 4. The van der Waals surface area contributed by atoms with Gasteiger partial charge in [0.15, 0.2) is 0 Å². The van der Waals surface area contributed by atoms with Crippen molar-refractivity contribution in [2.75, 3.05) is 4.90 Å². The van der Waals surface area contributed by atoms with Gasteiger partial charge in [0.1, 0.15) is 0 Å². The summed E-state index contributed by atoms with van der Waals surface area (Å²) in [5, 5.41) is 38.4. The molecule has 11 nitrogen and oxygen atoms in total. The van der Waals surface area contributed by atoms with Gasteiger partial charge in [-0.25, -0.2) is 4.79 Å². The lowest BCUT2D eigenvalue weighted by atomic mass is 9.35. The number of hydrogen-bond donors (Lipinski definition) is 5. The number of rotatable bonds is 4. The van der Waals surface area contributed by atoms with Gasteiger partial charge in [-0.15, -0.1) is 0 Å². The standard InChI is InChI=1S/C15H12N2O.C14H16O8/c16-15(18)17-13-7-3-1-5-11(13)9-10-12-6-2-4-8-14(12)17;15-7(16)11-1-12(8(17)18)4-13(2-11,9(19)20)6-14(3-11,5-12)10(21)22/h1-10H,(H2,16,18);1-6H2,(H,15,16)(H,17,18)(H,19,20)(H,21,22). The number of fused-ring (bicyclic) bond motifs is 2. The van der Waals surface area contributed by atoms with Crippen LogP contribution in [-0.2, 0) is 19.2 Å². The second kappa shape index (κ2) is 8.94. The summed E-state index contributed by atoms with van der Waals surface area (Å²) in [6, 6.07) is 14.9. The molecule has 2 aromatic rings. The quantitative estimate of drug-likeness (QED) is 0.374. The fraction of sp³-hybridized carbons (Fsp3) is 0.345. The number of anilines is 2. The lowest BCUT2D eigenvalue weighted by Crippen LogP contribution is -2.68. The summed E-state index contributed by atoms with van der Waals surface area (Å²) in [5.74, 6) is -5.19. The molecule has 2 amide bonds. The first-order chi connectivity index (χ1) is 18.8. The number of para-hydroxylation sites is 2. The molecule has 7 rings (SSSR count). The van der Waals surface area contributed by atoms with Crippen LogP contribution in [-0.4, -0.2) is 50.3 Å². The summed E-state index contributed by atoms with van der Waals surface area (Å²) in [6.45, 7) is 0. The number of hydrogen-bond acceptors (Lipinski definition) is 5. The molecule has 1 heterocycles. The molecule has 4 fully saturated rings. The van der Waals surface area contributed by atoms with Gasteiger partial charge in [-0.2, -0.15) is 0 Å². The molecule has 6 N–H and O–H groups in total. The van der Waals surface area contributed by atoms with Crippen molar-refractivity contribution in [2.45, 2.75) is 38.5 Å². The number of urea groups is 1. The molecule has 0 spiro atoms. The predicted octanol–water partition coefficient (Wildman–Crippen LogP) is 4.04. The van der Waals surface area contributed by atoms with Crippen LogP contribution >= 0.6 is 0 Å². The summed E-state index contributed by atoms with van der Waals surface area (Å²) in [5.41, 5.74) is 2.73. The van der Waals surface area contributed by atoms with E-state index in [0.29, 0.717) is 0 Å². The third kappa shape index (κ3) is 3.92. The van der Waals surface area contributed by atoms with Gasteiger partial charge in [0.25, 0.3) is 0 Å². The van der Waals surface area contributed by atoms with Crippen molar-refractivity contribution in [1.82, 2.24) is 0 Å². The molecule has 0 atom stereocenters. The van der Waals surface area contributed by atoms with Crippen LogP contribution in [0.3, 0.4) is 0 Å². The fourth-order valence-electron chi connectivity index (χ4n) is 7.75. The molecule has 4 saturated carbocycles. The normalized spacial score (nSPS) is 30.6. The molecule has 40 heavy (non-hydrogen) atoms. The van der Waals surface area contributed by atoms with Gasteiger partial charge in [-0.3, -0.25) is 24.1 Å². The van der Waals surface area contributed by atoms with Crippen LogP contribution < -0.4 is 10.6 Å². The Hall–Kier alpha value is -4.67. The topological polar surface area (TPSA) is 196 Å². The fourth-order valence-corrected chi connectivity index (χ4v) is 7.75. The van der Waals surface area contributed by atoms with Crippen LogP contribution in [0.15, 0.2) is 48.5 Å². The number of nitrogens with zero attached hydrogens (tertiary/aromatic N) is 1. The Labute approximate surface area is 228 Å². The second-order valence-electron chi connectivity index (χ2n) is 11.5. The van der Waals surface area contributed by atoms with Crippen LogP contribution in [0, 0.1) is 21.7 Å². The van der Waals surface area contributed by atoms with Crippen molar-refractivity contribution >= 4 is 53.4 Å². The van der Waals surface area contributed by atoms with Gasteiger partial charge in [-0.05, 0) is 61.8 Å². The Kier molecular flexibility index (Phi) is 6.01. The summed E-state index contributed by atoms with van der Waals surface area (Å²) < 4.78 is 0. The van der Waals surface area contributed by atoms with Crippen molar-refractivity contribution in [3.63, 3.8) is 0 Å². The first-order valence-corrected chi connectivity index (χ1v) is 12.7. The molecule has 4 bridgehead atoms. The first-order valence-electron chi connectivity index (χ1n) is 12.7. The van der Waals surface area contributed by atoms with Gasteiger partial charge in [0.05, 0.1) is 33.0 Å². The smallest absolute Gasteiger partial charge is 0.323 e. The zero-order chi connectivity index (χ0) is 29.1. The van der Waals surface area contributed by atoms with Crippen molar-refractivity contribution in [3.05, 3.63) is 59.7 Å². The molecule has 5 aliphatic rings. The Bertz CT molecular complexity index is 1300. The SMILES string of the molecule is NC(=O)N1c2ccccc2C=Cc2ccccc21.O=C(O)C12CC3(C(=O)O)CC(C(=O)O)(C1)CC(C(=O)O)(C2)C3. The molecule has 1 aliphatic heterocycles. The molecule has 208 valence electrons. The van der Waals surface area contributed by atoms with E-state index < -0.39 is 51.6 Å². The maximum absolute atomic E-state index is 11.8. The number of benzene rings is 2. The number of carbonyl (C=O) groups excluding carboxylic acids is 1. The highest BCUT2D eigenvalue weighted by molar-refractivity contribution is 6.04. The van der Waals surface area contributed by atoms with Crippen LogP contribution in [0.5, 0.6) is 0 Å². The summed E-state index contributed by atoms with van der Waals surface area (Å²) >= 11 is 0. The lowest BCUT2D eigenvalue weighted by molar-refractivity contribution is -0.229. The maximum Gasteiger partial charge on any atom is 0.323 e. The number of aliphatic carboxylic acids is 4. The van der Waals surface area contributed by atoms with Gasteiger partial charge in [-0.1, -0.05) is 48.6 Å². The van der Waals surface area contributed by atoms with E-state index in [1.54, 1.807) is 4.90 Å².